The highest BCUT2D eigenvalue weighted by molar-refractivity contribution is 7.92. The Hall–Kier alpha value is -2.05. The van der Waals surface area contributed by atoms with E-state index in [4.69, 9.17) is 4.74 Å². The number of rotatable bonds is 7. The van der Waals surface area contributed by atoms with Crippen LogP contribution in [0.15, 0.2) is 53.4 Å². The first-order valence-corrected chi connectivity index (χ1v) is 8.84. The van der Waals surface area contributed by atoms with E-state index in [9.17, 15) is 8.42 Å². The Morgan fingerprint density at radius 1 is 1.00 bits per heavy atom. The number of hydrogen-bond donors (Lipinski definition) is 2. The van der Waals surface area contributed by atoms with Gasteiger partial charge < -0.3 is 10.1 Å². The van der Waals surface area contributed by atoms with E-state index in [-0.39, 0.29) is 10.9 Å². The maximum atomic E-state index is 12.3. The molecule has 1 unspecified atom stereocenters. The van der Waals surface area contributed by atoms with Crippen LogP contribution in [0.5, 0.6) is 0 Å². The Morgan fingerprint density at radius 2 is 1.57 bits per heavy atom. The van der Waals surface area contributed by atoms with E-state index in [0.29, 0.717) is 12.3 Å². The molecule has 0 radical (unpaired) electrons. The summed E-state index contributed by atoms with van der Waals surface area (Å²) in [6.45, 7) is 4.53. The smallest absolute Gasteiger partial charge is 0.261 e. The fourth-order valence-electron chi connectivity index (χ4n) is 2.14. The zero-order valence-corrected chi connectivity index (χ0v) is 14.4. The maximum Gasteiger partial charge on any atom is 0.261 e. The molecule has 0 spiro atoms. The van der Waals surface area contributed by atoms with Crippen molar-refractivity contribution in [3.63, 3.8) is 0 Å². The number of benzene rings is 2. The quantitative estimate of drug-likeness (QED) is 0.816. The van der Waals surface area contributed by atoms with Crippen LogP contribution in [0.25, 0.3) is 0 Å². The lowest BCUT2D eigenvalue weighted by molar-refractivity contribution is 0.190. The molecule has 0 aliphatic heterocycles. The molecular weight excluding hydrogens is 312 g/mol. The molecule has 0 bridgehead atoms. The molecule has 2 rings (SSSR count). The molecule has 23 heavy (non-hydrogen) atoms. The molecule has 2 N–H and O–H groups in total. The Bertz CT molecular complexity index is 725. The zero-order valence-electron chi connectivity index (χ0n) is 13.5. The second-order valence-corrected chi connectivity index (χ2v) is 7.18. The average molecular weight is 334 g/mol. The van der Waals surface area contributed by atoms with E-state index in [2.05, 4.69) is 10.0 Å². The van der Waals surface area contributed by atoms with Gasteiger partial charge in [-0.2, -0.15) is 0 Å². The summed E-state index contributed by atoms with van der Waals surface area (Å²) in [6.07, 6.45) is 0. The van der Waals surface area contributed by atoms with Gasteiger partial charge >= 0.3 is 0 Å². The van der Waals surface area contributed by atoms with Gasteiger partial charge in [-0.3, -0.25) is 4.72 Å². The van der Waals surface area contributed by atoms with Gasteiger partial charge in [0, 0.05) is 24.5 Å². The third-order valence-electron chi connectivity index (χ3n) is 3.30. The molecule has 1 atom stereocenters. The summed E-state index contributed by atoms with van der Waals surface area (Å²) >= 11 is 0. The normalized spacial score (nSPS) is 12.7. The zero-order chi connectivity index (χ0) is 16.9. The van der Waals surface area contributed by atoms with Crippen molar-refractivity contribution in [3.05, 3.63) is 54.1 Å². The van der Waals surface area contributed by atoms with Crippen molar-refractivity contribution in [3.8, 4) is 0 Å². The first-order chi connectivity index (χ1) is 10.9. The highest BCUT2D eigenvalue weighted by Gasteiger charge is 2.13. The first kappa shape index (κ1) is 17.3. The number of methoxy groups -OCH3 is 1. The summed E-state index contributed by atoms with van der Waals surface area (Å²) in [5.41, 5.74) is 2.45. The summed E-state index contributed by atoms with van der Waals surface area (Å²) in [5, 5.41) is 3.27. The van der Waals surface area contributed by atoms with Gasteiger partial charge in [0.15, 0.2) is 0 Å². The predicted molar refractivity (Wildman–Crippen MR) is 93.4 cm³/mol. The van der Waals surface area contributed by atoms with Crippen molar-refractivity contribution in [2.45, 2.75) is 24.8 Å². The van der Waals surface area contributed by atoms with Gasteiger partial charge in [-0.1, -0.05) is 17.7 Å². The van der Waals surface area contributed by atoms with E-state index in [1.165, 1.54) is 0 Å². The van der Waals surface area contributed by atoms with E-state index >= 15 is 0 Å². The van der Waals surface area contributed by atoms with Crippen molar-refractivity contribution in [1.82, 2.24) is 0 Å². The second kappa shape index (κ2) is 7.48. The number of nitrogens with one attached hydrogen (secondary N) is 2. The number of hydrogen-bond acceptors (Lipinski definition) is 4. The molecule has 0 amide bonds. The first-order valence-electron chi connectivity index (χ1n) is 7.36. The van der Waals surface area contributed by atoms with Crippen molar-refractivity contribution >= 4 is 21.4 Å². The molecule has 0 saturated heterocycles. The van der Waals surface area contributed by atoms with Crippen molar-refractivity contribution in [2.75, 3.05) is 23.8 Å². The number of aryl methyl sites for hydroxylation is 1. The van der Waals surface area contributed by atoms with Gasteiger partial charge in [-0.25, -0.2) is 8.42 Å². The average Bonchev–Trinajstić information content (AvgIpc) is 2.50. The Labute approximate surface area is 137 Å². The van der Waals surface area contributed by atoms with E-state index in [0.717, 1.165) is 11.3 Å². The molecule has 0 saturated carbocycles. The second-order valence-electron chi connectivity index (χ2n) is 5.50. The topological polar surface area (TPSA) is 67.4 Å². The third kappa shape index (κ3) is 4.97. The molecule has 0 fully saturated rings. The van der Waals surface area contributed by atoms with Crippen LogP contribution in [0.3, 0.4) is 0 Å². The number of anilines is 2. The molecule has 5 nitrogen and oxygen atoms in total. The fraction of sp³-hybridized carbons (Fsp3) is 0.294. The summed E-state index contributed by atoms with van der Waals surface area (Å²) in [5.74, 6) is 0. The third-order valence-corrected chi connectivity index (χ3v) is 4.70. The highest BCUT2D eigenvalue weighted by atomic mass is 32.2. The summed E-state index contributed by atoms with van der Waals surface area (Å²) in [4.78, 5) is 0.249. The van der Waals surface area contributed by atoms with Crippen LogP contribution in [0.2, 0.25) is 0 Å². The lowest BCUT2D eigenvalue weighted by atomic mass is 10.2. The molecule has 6 heteroatoms. The maximum absolute atomic E-state index is 12.3. The molecule has 0 aromatic heterocycles. The number of ether oxygens (including phenoxy) is 1. The molecule has 124 valence electrons. The van der Waals surface area contributed by atoms with Crippen LogP contribution in [0.1, 0.15) is 12.5 Å². The Morgan fingerprint density at radius 3 is 2.13 bits per heavy atom. The van der Waals surface area contributed by atoms with Gasteiger partial charge in [0.25, 0.3) is 10.0 Å². The van der Waals surface area contributed by atoms with E-state index < -0.39 is 10.0 Å². The fourth-order valence-corrected chi connectivity index (χ4v) is 3.20. The number of sulfonamides is 1. The van der Waals surface area contributed by atoms with Gasteiger partial charge in [-0.15, -0.1) is 0 Å². The van der Waals surface area contributed by atoms with Crippen molar-refractivity contribution in [2.24, 2.45) is 0 Å². The summed E-state index contributed by atoms with van der Waals surface area (Å²) in [6, 6.07) is 14.0. The van der Waals surface area contributed by atoms with Gasteiger partial charge in [0.05, 0.1) is 11.5 Å². The van der Waals surface area contributed by atoms with Crippen molar-refractivity contribution < 1.29 is 13.2 Å². The predicted octanol–water partition coefficient (Wildman–Crippen LogP) is 3.24. The van der Waals surface area contributed by atoms with E-state index in [1.54, 1.807) is 43.5 Å². The minimum absolute atomic E-state index is 0.176. The minimum atomic E-state index is -3.57. The standard InChI is InChI=1S/C17H22N2O3S/c1-13-4-10-17(11-5-13)23(20,21)19-16-8-6-15(7-9-16)18-14(2)12-22-3/h4-11,14,18-19H,12H2,1-3H3. The molecule has 2 aromatic rings. The molecular formula is C17H22N2O3S. The van der Waals surface area contributed by atoms with Gasteiger partial charge in [0.1, 0.15) is 0 Å². The molecule has 2 aromatic carbocycles. The molecule has 0 heterocycles. The van der Waals surface area contributed by atoms with Crippen LogP contribution < -0.4 is 10.0 Å². The van der Waals surface area contributed by atoms with Crippen molar-refractivity contribution in [1.29, 1.82) is 0 Å². The van der Waals surface area contributed by atoms with Crippen LogP contribution >= 0.6 is 0 Å². The SMILES string of the molecule is COCC(C)Nc1ccc(NS(=O)(=O)c2ccc(C)cc2)cc1. The van der Waals surface area contributed by atoms with Crippen LogP contribution in [0, 0.1) is 6.92 Å². The summed E-state index contributed by atoms with van der Waals surface area (Å²) < 4.78 is 32.3. The van der Waals surface area contributed by atoms with Crippen LogP contribution in [-0.4, -0.2) is 28.2 Å². The van der Waals surface area contributed by atoms with Gasteiger partial charge in [-0.05, 0) is 50.2 Å². The van der Waals surface area contributed by atoms with Crippen LogP contribution in [0.4, 0.5) is 11.4 Å². The van der Waals surface area contributed by atoms with Crippen LogP contribution in [-0.2, 0) is 14.8 Å². The molecule has 0 aliphatic carbocycles. The van der Waals surface area contributed by atoms with Gasteiger partial charge in [0.2, 0.25) is 0 Å². The lowest BCUT2D eigenvalue weighted by Crippen LogP contribution is -2.20. The highest BCUT2D eigenvalue weighted by Crippen LogP contribution is 2.19. The largest absolute Gasteiger partial charge is 0.383 e. The monoisotopic (exact) mass is 334 g/mol. The summed E-state index contributed by atoms with van der Waals surface area (Å²) in [7, 11) is -1.91. The Balaban J connectivity index is 2.06. The lowest BCUT2D eigenvalue weighted by Gasteiger charge is -2.15. The Kier molecular flexibility index (Phi) is 5.63. The minimum Gasteiger partial charge on any atom is -0.383 e. The van der Waals surface area contributed by atoms with E-state index in [1.807, 2.05) is 26.0 Å². The molecule has 0 aliphatic rings.